The van der Waals surface area contributed by atoms with Gasteiger partial charge < -0.3 is 10.2 Å². The third kappa shape index (κ3) is 5.61. The minimum absolute atomic E-state index is 0.657. The Bertz CT molecular complexity index is 330. The van der Waals surface area contributed by atoms with Crippen molar-refractivity contribution in [2.24, 2.45) is 0 Å². The molecule has 1 rings (SSSR count). The Morgan fingerprint density at radius 1 is 1.47 bits per heavy atom. The lowest BCUT2D eigenvalue weighted by atomic mass is 10.2. The van der Waals surface area contributed by atoms with E-state index in [1.807, 2.05) is 6.20 Å². The van der Waals surface area contributed by atoms with E-state index >= 15 is 0 Å². The van der Waals surface area contributed by atoms with E-state index in [4.69, 9.17) is 0 Å². The molecule has 0 bridgehead atoms. The number of hydrogen-bond donors (Lipinski definition) is 1. The molecular weight excluding hydrogens is 278 g/mol. The van der Waals surface area contributed by atoms with Crippen LogP contribution in [0.25, 0.3) is 0 Å². The third-order valence-corrected chi connectivity index (χ3v) is 3.51. The van der Waals surface area contributed by atoms with Crippen molar-refractivity contribution in [2.75, 3.05) is 20.1 Å². The molecule has 0 spiro atoms. The van der Waals surface area contributed by atoms with Crippen molar-refractivity contribution in [2.45, 2.75) is 32.9 Å². The number of nitrogens with one attached hydrogen (secondary N) is 1. The molecule has 0 aliphatic rings. The predicted octanol–water partition coefficient (Wildman–Crippen LogP) is 2.66. The lowest BCUT2D eigenvalue weighted by Gasteiger charge is -2.23. The van der Waals surface area contributed by atoms with Gasteiger partial charge in [-0.15, -0.1) is 0 Å². The van der Waals surface area contributed by atoms with Crippen LogP contribution >= 0.6 is 15.9 Å². The molecule has 0 amide bonds. The zero-order chi connectivity index (χ0) is 12.7. The van der Waals surface area contributed by atoms with Gasteiger partial charge in [0.1, 0.15) is 0 Å². The van der Waals surface area contributed by atoms with Crippen LogP contribution in [0.3, 0.4) is 0 Å². The molecule has 1 heterocycles. The first-order valence-corrected chi connectivity index (χ1v) is 6.93. The predicted molar refractivity (Wildman–Crippen MR) is 76.0 cm³/mol. The van der Waals surface area contributed by atoms with Crippen LogP contribution in [0, 0.1) is 0 Å². The molecule has 1 N–H and O–H groups in total. The van der Waals surface area contributed by atoms with Crippen molar-refractivity contribution in [3.8, 4) is 0 Å². The molecule has 1 aromatic rings. The summed E-state index contributed by atoms with van der Waals surface area (Å²) in [6, 6.07) is 2.75. The Morgan fingerprint density at radius 2 is 2.24 bits per heavy atom. The summed E-state index contributed by atoms with van der Waals surface area (Å²) in [6.07, 6.45) is 4.91. The van der Waals surface area contributed by atoms with Crippen LogP contribution in [0.4, 0.5) is 0 Å². The van der Waals surface area contributed by atoms with E-state index in [1.54, 1.807) is 6.20 Å². The van der Waals surface area contributed by atoms with Crippen LogP contribution in [0.2, 0.25) is 0 Å². The molecule has 0 fully saturated rings. The van der Waals surface area contributed by atoms with Crippen LogP contribution < -0.4 is 5.32 Å². The monoisotopic (exact) mass is 299 g/mol. The average Bonchev–Trinajstić information content (AvgIpc) is 2.33. The largest absolute Gasteiger partial charge is 0.311 e. The van der Waals surface area contributed by atoms with Gasteiger partial charge in [-0.1, -0.05) is 6.92 Å². The van der Waals surface area contributed by atoms with Crippen LogP contribution in [0.15, 0.2) is 22.9 Å². The normalized spacial score (nSPS) is 13.0. The van der Waals surface area contributed by atoms with Gasteiger partial charge in [-0.2, -0.15) is 0 Å². The SMILES string of the molecule is CCC(C)N(C)CCNCc1cncc(Br)c1. The molecule has 96 valence electrons. The fourth-order valence-corrected chi connectivity index (χ4v) is 1.98. The van der Waals surface area contributed by atoms with Crippen molar-refractivity contribution in [3.63, 3.8) is 0 Å². The van der Waals surface area contributed by atoms with Crippen molar-refractivity contribution >= 4 is 15.9 Å². The van der Waals surface area contributed by atoms with E-state index in [2.05, 4.69) is 58.1 Å². The summed E-state index contributed by atoms with van der Waals surface area (Å²) in [5.74, 6) is 0. The van der Waals surface area contributed by atoms with Gasteiger partial charge >= 0.3 is 0 Å². The second-order valence-corrected chi connectivity index (χ2v) is 5.34. The fraction of sp³-hybridized carbons (Fsp3) is 0.615. The molecular formula is C13H22BrN3. The summed E-state index contributed by atoms with van der Waals surface area (Å²) in [4.78, 5) is 6.52. The number of pyridine rings is 1. The first kappa shape index (κ1) is 14.6. The summed E-state index contributed by atoms with van der Waals surface area (Å²) in [7, 11) is 2.18. The standard InChI is InChI=1S/C13H22BrN3/c1-4-11(2)17(3)6-5-15-8-12-7-13(14)10-16-9-12/h7,9-11,15H,4-6,8H2,1-3H3. The number of hydrogen-bond acceptors (Lipinski definition) is 3. The van der Waals surface area contributed by atoms with E-state index in [0.29, 0.717) is 6.04 Å². The highest BCUT2D eigenvalue weighted by Crippen LogP contribution is 2.09. The Balaban J connectivity index is 2.20. The lowest BCUT2D eigenvalue weighted by Crippen LogP contribution is -2.34. The van der Waals surface area contributed by atoms with Gasteiger partial charge in [0.05, 0.1) is 0 Å². The zero-order valence-electron chi connectivity index (χ0n) is 10.9. The quantitative estimate of drug-likeness (QED) is 0.785. The molecule has 0 radical (unpaired) electrons. The maximum absolute atomic E-state index is 4.14. The zero-order valence-corrected chi connectivity index (χ0v) is 12.5. The van der Waals surface area contributed by atoms with E-state index in [1.165, 1.54) is 12.0 Å². The summed E-state index contributed by atoms with van der Waals surface area (Å²) in [6.45, 7) is 7.45. The topological polar surface area (TPSA) is 28.2 Å². The molecule has 0 saturated carbocycles. The Hall–Kier alpha value is -0.450. The molecule has 0 aliphatic heterocycles. The lowest BCUT2D eigenvalue weighted by molar-refractivity contribution is 0.251. The number of nitrogens with zero attached hydrogens (tertiary/aromatic N) is 2. The Kier molecular flexibility index (Phi) is 6.70. The summed E-state index contributed by atoms with van der Waals surface area (Å²) < 4.78 is 1.04. The number of likely N-dealkylation sites (N-methyl/N-ethyl adjacent to an activating group) is 1. The van der Waals surface area contributed by atoms with Gasteiger partial charge in [-0.05, 0) is 48.0 Å². The molecule has 1 atom stereocenters. The van der Waals surface area contributed by atoms with Gasteiger partial charge in [0.15, 0.2) is 0 Å². The van der Waals surface area contributed by atoms with E-state index < -0.39 is 0 Å². The number of rotatable bonds is 7. The van der Waals surface area contributed by atoms with Gasteiger partial charge in [-0.25, -0.2) is 0 Å². The summed E-state index contributed by atoms with van der Waals surface area (Å²) >= 11 is 3.42. The highest BCUT2D eigenvalue weighted by Gasteiger charge is 2.05. The number of aromatic nitrogens is 1. The van der Waals surface area contributed by atoms with Crippen molar-refractivity contribution in [1.82, 2.24) is 15.2 Å². The molecule has 0 saturated heterocycles. The van der Waals surface area contributed by atoms with Gasteiger partial charge in [0.25, 0.3) is 0 Å². The third-order valence-electron chi connectivity index (χ3n) is 3.08. The van der Waals surface area contributed by atoms with Crippen LogP contribution in [0.5, 0.6) is 0 Å². The maximum atomic E-state index is 4.14. The van der Waals surface area contributed by atoms with Crippen LogP contribution in [0.1, 0.15) is 25.8 Å². The van der Waals surface area contributed by atoms with E-state index in [0.717, 1.165) is 24.1 Å². The van der Waals surface area contributed by atoms with Gasteiger partial charge in [-0.3, -0.25) is 4.98 Å². The molecule has 0 aromatic carbocycles. The first-order valence-electron chi connectivity index (χ1n) is 6.14. The van der Waals surface area contributed by atoms with Gasteiger partial charge in [0.2, 0.25) is 0 Å². The fourth-order valence-electron chi connectivity index (χ4n) is 1.57. The van der Waals surface area contributed by atoms with E-state index in [9.17, 15) is 0 Å². The smallest absolute Gasteiger partial charge is 0.0410 e. The molecule has 4 heteroatoms. The van der Waals surface area contributed by atoms with E-state index in [-0.39, 0.29) is 0 Å². The molecule has 1 aromatic heterocycles. The average molecular weight is 300 g/mol. The van der Waals surface area contributed by atoms with Gasteiger partial charge in [0, 0.05) is 42.5 Å². The van der Waals surface area contributed by atoms with Crippen molar-refractivity contribution < 1.29 is 0 Å². The van der Waals surface area contributed by atoms with Crippen molar-refractivity contribution in [1.29, 1.82) is 0 Å². The molecule has 3 nitrogen and oxygen atoms in total. The highest BCUT2D eigenvalue weighted by molar-refractivity contribution is 9.10. The second-order valence-electron chi connectivity index (χ2n) is 4.43. The van der Waals surface area contributed by atoms with Crippen LogP contribution in [-0.2, 0) is 6.54 Å². The Labute approximate surface area is 113 Å². The second kappa shape index (κ2) is 7.80. The minimum atomic E-state index is 0.657. The molecule has 0 aliphatic carbocycles. The van der Waals surface area contributed by atoms with Crippen molar-refractivity contribution in [3.05, 3.63) is 28.5 Å². The maximum Gasteiger partial charge on any atom is 0.0410 e. The minimum Gasteiger partial charge on any atom is -0.311 e. The summed E-state index contributed by atoms with van der Waals surface area (Å²) in [5.41, 5.74) is 1.21. The summed E-state index contributed by atoms with van der Waals surface area (Å²) in [5, 5.41) is 3.44. The van der Waals surface area contributed by atoms with Crippen LogP contribution in [-0.4, -0.2) is 36.1 Å². The highest BCUT2D eigenvalue weighted by atomic mass is 79.9. The Morgan fingerprint density at radius 3 is 2.88 bits per heavy atom. The number of halogens is 1. The first-order chi connectivity index (χ1) is 8.13. The molecule has 1 unspecified atom stereocenters. The molecule has 17 heavy (non-hydrogen) atoms.